The SMILES string of the molecule is CCOC(=O)C1=CCC(O)(OC)C(O)=C1. The molecule has 84 valence electrons. The van der Waals surface area contributed by atoms with Crippen LogP contribution in [0, 0.1) is 0 Å². The van der Waals surface area contributed by atoms with Crippen molar-refractivity contribution in [2.45, 2.75) is 19.1 Å². The van der Waals surface area contributed by atoms with Gasteiger partial charge in [-0.15, -0.1) is 0 Å². The third-order valence-electron chi connectivity index (χ3n) is 2.14. The molecule has 0 aromatic rings. The maximum atomic E-state index is 11.3. The summed E-state index contributed by atoms with van der Waals surface area (Å²) in [7, 11) is 1.27. The normalized spacial score (nSPS) is 25.5. The van der Waals surface area contributed by atoms with Gasteiger partial charge in [0.2, 0.25) is 5.79 Å². The molecule has 0 fully saturated rings. The molecule has 5 nitrogen and oxygen atoms in total. The molecule has 1 unspecified atom stereocenters. The van der Waals surface area contributed by atoms with E-state index in [4.69, 9.17) is 9.47 Å². The second-order valence-electron chi connectivity index (χ2n) is 3.10. The molecule has 0 aliphatic heterocycles. The van der Waals surface area contributed by atoms with E-state index in [2.05, 4.69) is 0 Å². The average molecular weight is 214 g/mol. The molecule has 0 bridgehead atoms. The number of hydrogen-bond acceptors (Lipinski definition) is 5. The summed E-state index contributed by atoms with van der Waals surface area (Å²) in [6.07, 6.45) is 2.62. The van der Waals surface area contributed by atoms with E-state index in [1.54, 1.807) is 6.92 Å². The van der Waals surface area contributed by atoms with E-state index in [1.165, 1.54) is 13.2 Å². The number of ether oxygens (including phenoxy) is 2. The second kappa shape index (κ2) is 4.46. The van der Waals surface area contributed by atoms with Crippen molar-refractivity contribution >= 4 is 5.97 Å². The number of methoxy groups -OCH3 is 1. The van der Waals surface area contributed by atoms with Gasteiger partial charge in [0.25, 0.3) is 0 Å². The quantitative estimate of drug-likeness (QED) is 0.533. The van der Waals surface area contributed by atoms with Crippen LogP contribution < -0.4 is 0 Å². The van der Waals surface area contributed by atoms with E-state index in [0.29, 0.717) is 0 Å². The first-order valence-corrected chi connectivity index (χ1v) is 4.59. The summed E-state index contributed by atoms with van der Waals surface area (Å²) in [4.78, 5) is 11.3. The van der Waals surface area contributed by atoms with Gasteiger partial charge in [-0.3, -0.25) is 0 Å². The van der Waals surface area contributed by atoms with Crippen molar-refractivity contribution in [1.29, 1.82) is 0 Å². The Kier molecular flexibility index (Phi) is 3.49. The van der Waals surface area contributed by atoms with Gasteiger partial charge in [0, 0.05) is 13.5 Å². The molecule has 0 spiro atoms. The molecule has 2 N–H and O–H groups in total. The number of aliphatic hydroxyl groups excluding tert-OH is 1. The Balaban J connectivity index is 2.81. The largest absolute Gasteiger partial charge is 0.507 e. The fourth-order valence-electron chi connectivity index (χ4n) is 1.22. The smallest absolute Gasteiger partial charge is 0.337 e. The van der Waals surface area contributed by atoms with Crippen LogP contribution in [0.3, 0.4) is 0 Å². The lowest BCUT2D eigenvalue weighted by atomic mass is 10.00. The van der Waals surface area contributed by atoms with Crippen LogP contribution in [0.5, 0.6) is 0 Å². The van der Waals surface area contributed by atoms with Gasteiger partial charge in [-0.05, 0) is 13.0 Å². The number of carbonyl (C=O) groups excluding carboxylic acids is 1. The topological polar surface area (TPSA) is 76.0 Å². The molecule has 0 saturated carbocycles. The standard InChI is InChI=1S/C10H14O5/c1-3-15-9(12)7-4-5-10(13,14-2)8(11)6-7/h4,6,11,13H,3,5H2,1-2H3. The summed E-state index contributed by atoms with van der Waals surface area (Å²) in [6.45, 7) is 1.95. The summed E-state index contributed by atoms with van der Waals surface area (Å²) in [5.74, 6) is -2.64. The predicted octanol–water partition coefficient (Wildman–Crippen LogP) is 0.656. The molecular formula is C10H14O5. The third kappa shape index (κ3) is 2.37. The van der Waals surface area contributed by atoms with Crippen LogP contribution in [0.4, 0.5) is 0 Å². The summed E-state index contributed by atoms with van der Waals surface area (Å²) in [5, 5.41) is 19.1. The van der Waals surface area contributed by atoms with Crippen LogP contribution >= 0.6 is 0 Å². The van der Waals surface area contributed by atoms with E-state index >= 15 is 0 Å². The van der Waals surface area contributed by atoms with Gasteiger partial charge < -0.3 is 19.7 Å². The van der Waals surface area contributed by atoms with Gasteiger partial charge in [0.1, 0.15) is 0 Å². The molecule has 1 aliphatic carbocycles. The molecule has 0 aromatic carbocycles. The lowest BCUT2D eigenvalue weighted by Crippen LogP contribution is -2.35. The average Bonchev–Trinajstić information content (AvgIpc) is 2.22. The zero-order valence-corrected chi connectivity index (χ0v) is 8.69. The Labute approximate surface area is 87.6 Å². The highest BCUT2D eigenvalue weighted by atomic mass is 16.6. The van der Waals surface area contributed by atoms with Crippen LogP contribution in [-0.2, 0) is 14.3 Å². The van der Waals surface area contributed by atoms with Gasteiger partial charge in [0.05, 0.1) is 12.2 Å². The summed E-state index contributed by atoms with van der Waals surface area (Å²) < 4.78 is 9.47. The number of rotatable bonds is 3. The van der Waals surface area contributed by atoms with E-state index in [-0.39, 0.29) is 18.6 Å². The van der Waals surface area contributed by atoms with Crippen LogP contribution in [0.2, 0.25) is 0 Å². The Hall–Kier alpha value is -1.33. The minimum Gasteiger partial charge on any atom is -0.507 e. The molecule has 1 rings (SSSR count). The summed E-state index contributed by atoms with van der Waals surface area (Å²) in [6, 6.07) is 0. The number of hydrogen-bond donors (Lipinski definition) is 2. The minimum atomic E-state index is -1.73. The van der Waals surface area contributed by atoms with Crippen LogP contribution in [0.1, 0.15) is 13.3 Å². The van der Waals surface area contributed by atoms with Crippen LogP contribution in [0.25, 0.3) is 0 Å². The Morgan fingerprint density at radius 1 is 1.67 bits per heavy atom. The summed E-state index contributed by atoms with van der Waals surface area (Å²) >= 11 is 0. The zero-order chi connectivity index (χ0) is 11.5. The van der Waals surface area contributed by atoms with E-state index in [1.807, 2.05) is 0 Å². The lowest BCUT2D eigenvalue weighted by Gasteiger charge is -2.27. The van der Waals surface area contributed by atoms with Gasteiger partial charge in [0.15, 0.2) is 5.76 Å². The van der Waals surface area contributed by atoms with Gasteiger partial charge in [-0.25, -0.2) is 4.79 Å². The molecule has 0 aromatic heterocycles. The van der Waals surface area contributed by atoms with Gasteiger partial charge in [-0.1, -0.05) is 6.08 Å². The Morgan fingerprint density at radius 3 is 2.80 bits per heavy atom. The maximum absolute atomic E-state index is 11.3. The molecule has 0 heterocycles. The Morgan fingerprint density at radius 2 is 2.33 bits per heavy atom. The van der Waals surface area contributed by atoms with Crippen molar-refractivity contribution in [1.82, 2.24) is 0 Å². The highest BCUT2D eigenvalue weighted by molar-refractivity contribution is 5.92. The molecule has 5 heteroatoms. The number of aliphatic hydroxyl groups is 2. The van der Waals surface area contributed by atoms with Crippen molar-refractivity contribution in [2.75, 3.05) is 13.7 Å². The zero-order valence-electron chi connectivity index (χ0n) is 8.69. The van der Waals surface area contributed by atoms with Crippen molar-refractivity contribution in [3.05, 3.63) is 23.5 Å². The Bertz CT molecular complexity index is 318. The molecule has 1 aliphatic rings. The third-order valence-corrected chi connectivity index (χ3v) is 2.14. The van der Waals surface area contributed by atoms with E-state index < -0.39 is 17.5 Å². The van der Waals surface area contributed by atoms with Crippen molar-refractivity contribution in [3.63, 3.8) is 0 Å². The maximum Gasteiger partial charge on any atom is 0.337 e. The molecule has 0 saturated heterocycles. The first kappa shape index (κ1) is 11.7. The first-order chi connectivity index (χ1) is 7.03. The molecule has 0 radical (unpaired) electrons. The monoisotopic (exact) mass is 214 g/mol. The molecule has 1 atom stereocenters. The highest BCUT2D eigenvalue weighted by Gasteiger charge is 2.34. The number of carbonyl (C=O) groups is 1. The minimum absolute atomic E-state index is 0.0139. The fraction of sp³-hybridized carbons (Fsp3) is 0.500. The van der Waals surface area contributed by atoms with Crippen molar-refractivity contribution < 1.29 is 24.5 Å². The van der Waals surface area contributed by atoms with E-state index in [9.17, 15) is 15.0 Å². The van der Waals surface area contributed by atoms with E-state index in [0.717, 1.165) is 6.08 Å². The van der Waals surface area contributed by atoms with Crippen LogP contribution in [0.15, 0.2) is 23.5 Å². The lowest BCUT2D eigenvalue weighted by molar-refractivity contribution is -0.174. The van der Waals surface area contributed by atoms with Gasteiger partial charge >= 0.3 is 5.97 Å². The van der Waals surface area contributed by atoms with Crippen molar-refractivity contribution in [2.24, 2.45) is 0 Å². The summed E-state index contributed by atoms with van der Waals surface area (Å²) in [5.41, 5.74) is 0.219. The molecule has 15 heavy (non-hydrogen) atoms. The van der Waals surface area contributed by atoms with Gasteiger partial charge in [-0.2, -0.15) is 0 Å². The first-order valence-electron chi connectivity index (χ1n) is 4.59. The second-order valence-corrected chi connectivity index (χ2v) is 3.10. The predicted molar refractivity (Wildman–Crippen MR) is 52.0 cm³/mol. The fourth-order valence-corrected chi connectivity index (χ4v) is 1.22. The highest BCUT2D eigenvalue weighted by Crippen LogP contribution is 2.27. The molecular weight excluding hydrogens is 200 g/mol. The van der Waals surface area contributed by atoms with Crippen LogP contribution in [-0.4, -0.2) is 35.7 Å². The van der Waals surface area contributed by atoms with Crippen molar-refractivity contribution in [3.8, 4) is 0 Å². The molecule has 0 amide bonds. The number of esters is 1.